The normalized spacial score (nSPS) is 10.2. The van der Waals surface area contributed by atoms with E-state index in [9.17, 15) is 9.59 Å². The van der Waals surface area contributed by atoms with Gasteiger partial charge in [-0.15, -0.1) is 11.3 Å². The highest BCUT2D eigenvalue weighted by Gasteiger charge is 2.18. The van der Waals surface area contributed by atoms with Crippen molar-refractivity contribution in [3.63, 3.8) is 0 Å². The molecule has 7 heteroatoms. The van der Waals surface area contributed by atoms with Crippen molar-refractivity contribution < 1.29 is 9.59 Å². The molecule has 0 fully saturated rings. The van der Waals surface area contributed by atoms with Crippen LogP contribution in [0, 0.1) is 0 Å². The largest absolute Gasteiger partial charge is 0.351 e. The number of urea groups is 1. The highest BCUT2D eigenvalue weighted by atomic mass is 32.1. The molecule has 0 aromatic carbocycles. The molecule has 2 aromatic rings. The minimum Gasteiger partial charge on any atom is -0.351 e. The second kappa shape index (κ2) is 7.24. The molecule has 0 radical (unpaired) electrons. The number of rotatable bonds is 5. The van der Waals surface area contributed by atoms with Crippen molar-refractivity contribution in [2.24, 2.45) is 0 Å². The van der Waals surface area contributed by atoms with Crippen LogP contribution in [0.5, 0.6) is 0 Å². The maximum atomic E-state index is 12.2. The quantitative estimate of drug-likeness (QED) is 0.789. The molecule has 3 amide bonds. The van der Waals surface area contributed by atoms with Gasteiger partial charge in [0, 0.05) is 24.0 Å². The highest BCUT2D eigenvalue weighted by molar-refractivity contribution is 7.18. The predicted molar refractivity (Wildman–Crippen MR) is 88.3 cm³/mol. The zero-order valence-electron chi connectivity index (χ0n) is 11.9. The molecular formula is C14H17N3O2S2. The van der Waals surface area contributed by atoms with Crippen molar-refractivity contribution in [3.05, 3.63) is 27.8 Å². The monoisotopic (exact) mass is 323 g/mol. The Morgan fingerprint density at radius 3 is 2.76 bits per heavy atom. The molecule has 0 aliphatic rings. The number of amides is 3. The fraction of sp³-hybridized carbons (Fsp3) is 0.286. The maximum Gasteiger partial charge on any atom is 0.319 e. The Bertz CT molecular complexity index is 620. The fourth-order valence-corrected chi connectivity index (χ4v) is 3.46. The van der Waals surface area contributed by atoms with Crippen LogP contribution in [0.2, 0.25) is 0 Å². The molecule has 0 atom stereocenters. The number of hydrogen-bond acceptors (Lipinski definition) is 4. The minimum absolute atomic E-state index is 0.158. The van der Waals surface area contributed by atoms with Crippen LogP contribution in [0.1, 0.15) is 23.0 Å². The minimum atomic E-state index is -0.339. The van der Waals surface area contributed by atoms with Gasteiger partial charge >= 0.3 is 6.03 Å². The van der Waals surface area contributed by atoms with Crippen molar-refractivity contribution in [2.75, 3.05) is 18.9 Å². The lowest BCUT2D eigenvalue weighted by atomic mass is 10.2. The standard InChI is InChI=1S/C14H17N3O2S2/c1-3-5-16-13(18)12-10(17-14(19)15-2)7-11(21-12)9-4-6-20-8-9/h4,6-8H,3,5H2,1-2H3,(H,16,18)(H2,15,17,19). The van der Waals surface area contributed by atoms with Gasteiger partial charge in [-0.1, -0.05) is 6.92 Å². The van der Waals surface area contributed by atoms with Crippen molar-refractivity contribution >= 4 is 40.3 Å². The second-order valence-electron chi connectivity index (χ2n) is 4.33. The van der Waals surface area contributed by atoms with Gasteiger partial charge in [-0.2, -0.15) is 11.3 Å². The highest BCUT2D eigenvalue weighted by Crippen LogP contribution is 2.35. The number of carbonyl (C=O) groups is 2. The first kappa shape index (κ1) is 15.5. The summed E-state index contributed by atoms with van der Waals surface area (Å²) in [6, 6.07) is 3.49. The van der Waals surface area contributed by atoms with Crippen LogP contribution in [0.4, 0.5) is 10.5 Å². The zero-order chi connectivity index (χ0) is 15.2. The summed E-state index contributed by atoms with van der Waals surface area (Å²) in [7, 11) is 1.54. The van der Waals surface area contributed by atoms with Gasteiger partial charge in [0.05, 0.1) is 5.69 Å². The van der Waals surface area contributed by atoms with Gasteiger partial charge in [-0.25, -0.2) is 4.79 Å². The molecule has 0 saturated carbocycles. The Labute approximate surface area is 131 Å². The lowest BCUT2D eigenvalue weighted by Crippen LogP contribution is -2.27. The van der Waals surface area contributed by atoms with Gasteiger partial charge in [0.1, 0.15) is 4.88 Å². The van der Waals surface area contributed by atoms with Crippen LogP contribution < -0.4 is 16.0 Å². The molecule has 0 unspecified atom stereocenters. The third-order valence-electron chi connectivity index (χ3n) is 2.75. The zero-order valence-corrected chi connectivity index (χ0v) is 13.5. The van der Waals surface area contributed by atoms with E-state index >= 15 is 0 Å². The van der Waals surface area contributed by atoms with E-state index < -0.39 is 0 Å². The van der Waals surface area contributed by atoms with Crippen molar-refractivity contribution in [1.82, 2.24) is 10.6 Å². The van der Waals surface area contributed by atoms with E-state index in [-0.39, 0.29) is 11.9 Å². The molecule has 0 aliphatic carbocycles. The summed E-state index contributed by atoms with van der Waals surface area (Å²) in [5.74, 6) is -0.158. The Hall–Kier alpha value is -1.86. The van der Waals surface area contributed by atoms with Crippen molar-refractivity contribution in [1.29, 1.82) is 0 Å². The molecule has 0 spiro atoms. The molecule has 21 heavy (non-hydrogen) atoms. The number of anilines is 1. The van der Waals surface area contributed by atoms with Crippen LogP contribution in [0.15, 0.2) is 22.9 Å². The summed E-state index contributed by atoms with van der Waals surface area (Å²) in [6.45, 7) is 2.61. The molecule has 5 nitrogen and oxygen atoms in total. The second-order valence-corrected chi connectivity index (χ2v) is 6.16. The van der Waals surface area contributed by atoms with E-state index in [0.29, 0.717) is 17.1 Å². The average molecular weight is 323 g/mol. The molecule has 0 aliphatic heterocycles. The van der Waals surface area contributed by atoms with Gasteiger partial charge in [0.15, 0.2) is 0 Å². The van der Waals surface area contributed by atoms with Gasteiger partial charge in [-0.3, -0.25) is 4.79 Å². The smallest absolute Gasteiger partial charge is 0.319 e. The van der Waals surface area contributed by atoms with Crippen molar-refractivity contribution in [3.8, 4) is 10.4 Å². The maximum absolute atomic E-state index is 12.2. The van der Waals surface area contributed by atoms with Gasteiger partial charge in [-0.05, 0) is 29.3 Å². The third kappa shape index (κ3) is 3.83. The topological polar surface area (TPSA) is 70.2 Å². The first-order valence-electron chi connectivity index (χ1n) is 6.59. The van der Waals surface area contributed by atoms with Gasteiger partial charge < -0.3 is 16.0 Å². The summed E-state index contributed by atoms with van der Waals surface area (Å²) >= 11 is 2.98. The van der Waals surface area contributed by atoms with E-state index in [2.05, 4.69) is 16.0 Å². The van der Waals surface area contributed by atoms with Crippen LogP contribution in [-0.2, 0) is 0 Å². The summed E-state index contributed by atoms with van der Waals surface area (Å²) < 4.78 is 0. The van der Waals surface area contributed by atoms with Crippen LogP contribution in [0.25, 0.3) is 10.4 Å². The average Bonchev–Trinajstić information content (AvgIpc) is 3.13. The number of thiophene rings is 2. The van der Waals surface area contributed by atoms with E-state index in [1.807, 2.05) is 29.8 Å². The Morgan fingerprint density at radius 1 is 1.33 bits per heavy atom. The number of nitrogens with one attached hydrogen (secondary N) is 3. The van der Waals surface area contributed by atoms with Crippen LogP contribution in [-0.4, -0.2) is 25.5 Å². The van der Waals surface area contributed by atoms with E-state index in [1.165, 1.54) is 18.4 Å². The van der Waals surface area contributed by atoms with Gasteiger partial charge in [0.25, 0.3) is 5.91 Å². The lowest BCUT2D eigenvalue weighted by molar-refractivity contribution is 0.0958. The molecular weight excluding hydrogens is 306 g/mol. The SMILES string of the molecule is CCCNC(=O)c1sc(-c2ccsc2)cc1NC(=O)NC. The molecule has 0 bridgehead atoms. The molecule has 2 heterocycles. The van der Waals surface area contributed by atoms with E-state index in [4.69, 9.17) is 0 Å². The first-order chi connectivity index (χ1) is 10.2. The van der Waals surface area contributed by atoms with Crippen molar-refractivity contribution in [2.45, 2.75) is 13.3 Å². The Morgan fingerprint density at radius 2 is 2.14 bits per heavy atom. The summed E-state index contributed by atoms with van der Waals surface area (Å²) in [4.78, 5) is 25.2. The molecule has 2 rings (SSSR count). The predicted octanol–water partition coefficient (Wildman–Crippen LogP) is 3.37. The lowest BCUT2D eigenvalue weighted by Gasteiger charge is -2.06. The number of hydrogen-bond donors (Lipinski definition) is 3. The Kier molecular flexibility index (Phi) is 5.35. The summed E-state index contributed by atoms with van der Waals surface area (Å²) in [5, 5.41) is 12.0. The molecule has 112 valence electrons. The fourth-order valence-electron chi connectivity index (χ4n) is 1.70. The van der Waals surface area contributed by atoms with Gasteiger partial charge in [0.2, 0.25) is 0 Å². The van der Waals surface area contributed by atoms with E-state index in [1.54, 1.807) is 11.3 Å². The Balaban J connectivity index is 2.31. The first-order valence-corrected chi connectivity index (χ1v) is 8.35. The van der Waals surface area contributed by atoms with Crippen LogP contribution >= 0.6 is 22.7 Å². The summed E-state index contributed by atoms with van der Waals surface area (Å²) in [6.07, 6.45) is 0.868. The summed E-state index contributed by atoms with van der Waals surface area (Å²) in [5.41, 5.74) is 1.59. The molecule has 0 saturated heterocycles. The molecule has 3 N–H and O–H groups in total. The number of carbonyl (C=O) groups excluding carboxylic acids is 2. The third-order valence-corrected chi connectivity index (χ3v) is 4.62. The van der Waals surface area contributed by atoms with Crippen LogP contribution in [0.3, 0.4) is 0 Å². The molecule has 2 aromatic heterocycles. The van der Waals surface area contributed by atoms with E-state index in [0.717, 1.165) is 16.9 Å².